The van der Waals surface area contributed by atoms with E-state index in [-0.39, 0.29) is 5.78 Å². The van der Waals surface area contributed by atoms with Gasteiger partial charge in [0.1, 0.15) is 12.4 Å². The first kappa shape index (κ1) is 20.8. The summed E-state index contributed by atoms with van der Waals surface area (Å²) in [6, 6.07) is 23.4. The molecule has 3 aromatic rings. The minimum atomic E-state index is -0.801. The minimum Gasteiger partial charge on any atom is -0.489 e. The molecule has 0 aromatic heterocycles. The first-order valence-electron chi connectivity index (χ1n) is 9.34. The smallest absolute Gasteiger partial charge is 0.338 e. The Kier molecular flexibility index (Phi) is 7.19. The lowest BCUT2D eigenvalue weighted by molar-refractivity contribution is 0.0277. The van der Waals surface area contributed by atoms with Crippen molar-refractivity contribution in [3.63, 3.8) is 0 Å². The van der Waals surface area contributed by atoms with Gasteiger partial charge in [-0.05, 0) is 48.4 Å². The number of hydrogen-bond donors (Lipinski definition) is 0. The van der Waals surface area contributed by atoms with Crippen LogP contribution < -0.4 is 4.74 Å². The molecule has 0 fully saturated rings. The molecule has 0 bridgehead atoms. The van der Waals surface area contributed by atoms with Crippen molar-refractivity contribution in [2.45, 2.75) is 26.1 Å². The summed E-state index contributed by atoms with van der Waals surface area (Å²) in [5, 5.41) is 0. The number of esters is 1. The lowest BCUT2D eigenvalue weighted by Gasteiger charge is -2.15. The molecule has 3 rings (SSSR count). The topological polar surface area (TPSA) is 52.6 Å². The van der Waals surface area contributed by atoms with Crippen LogP contribution in [-0.2, 0) is 11.3 Å². The highest BCUT2D eigenvalue weighted by molar-refractivity contribution is 9.10. The van der Waals surface area contributed by atoms with Gasteiger partial charge in [0.25, 0.3) is 0 Å². The normalized spacial score (nSPS) is 11.5. The average molecular weight is 453 g/mol. The fourth-order valence-corrected chi connectivity index (χ4v) is 3.01. The summed E-state index contributed by atoms with van der Waals surface area (Å²) in [5.41, 5.74) is 1.86. The molecule has 0 aliphatic rings. The van der Waals surface area contributed by atoms with Crippen molar-refractivity contribution >= 4 is 27.7 Å². The molecule has 0 spiro atoms. The van der Waals surface area contributed by atoms with Crippen LogP contribution in [0.1, 0.15) is 39.6 Å². The average Bonchev–Trinajstić information content (AvgIpc) is 2.77. The predicted octanol–water partition coefficient (Wildman–Crippen LogP) is 5.85. The summed E-state index contributed by atoms with van der Waals surface area (Å²) in [7, 11) is 0. The lowest BCUT2D eigenvalue weighted by Crippen LogP contribution is -2.26. The van der Waals surface area contributed by atoms with E-state index in [2.05, 4.69) is 15.9 Å². The number of Topliss-reactive ketones (excluding diaryl/α,β-unsaturated/α-hetero) is 1. The van der Waals surface area contributed by atoms with E-state index in [0.717, 1.165) is 15.8 Å². The highest BCUT2D eigenvalue weighted by Gasteiger charge is 2.23. The first-order valence-corrected chi connectivity index (χ1v) is 10.1. The van der Waals surface area contributed by atoms with Crippen LogP contribution in [0.4, 0.5) is 0 Å². The molecule has 0 unspecified atom stereocenters. The first-order chi connectivity index (χ1) is 14.1. The van der Waals surface area contributed by atoms with Crippen LogP contribution in [-0.4, -0.2) is 17.9 Å². The molecule has 0 amide bonds. The highest BCUT2D eigenvalue weighted by Crippen LogP contribution is 2.18. The number of halogens is 1. The van der Waals surface area contributed by atoms with Crippen molar-refractivity contribution in [3.05, 3.63) is 100 Å². The Morgan fingerprint density at radius 3 is 2.14 bits per heavy atom. The third-order valence-electron chi connectivity index (χ3n) is 4.38. The van der Waals surface area contributed by atoms with Crippen LogP contribution in [0.15, 0.2) is 83.3 Å². The largest absolute Gasteiger partial charge is 0.489 e. The summed E-state index contributed by atoms with van der Waals surface area (Å²) in [4.78, 5) is 25.0. The molecule has 4 nitrogen and oxygen atoms in total. The quantitative estimate of drug-likeness (QED) is 0.317. The van der Waals surface area contributed by atoms with Gasteiger partial charge in [0, 0.05) is 10.0 Å². The SMILES string of the molecule is CC[C@@H](OC(=O)c1ccc(COc2ccc(Br)cc2)cc1)C(=O)c1ccccc1. The molecule has 0 saturated heterocycles. The maximum absolute atomic E-state index is 12.5. The second-order valence-corrected chi connectivity index (χ2v) is 7.39. The maximum Gasteiger partial charge on any atom is 0.338 e. The van der Waals surface area contributed by atoms with E-state index < -0.39 is 12.1 Å². The molecule has 29 heavy (non-hydrogen) atoms. The van der Waals surface area contributed by atoms with E-state index in [0.29, 0.717) is 24.2 Å². The van der Waals surface area contributed by atoms with Crippen LogP contribution in [0.2, 0.25) is 0 Å². The maximum atomic E-state index is 12.5. The van der Waals surface area contributed by atoms with Gasteiger partial charge in [0.2, 0.25) is 5.78 Å². The molecular weight excluding hydrogens is 432 g/mol. The molecule has 1 atom stereocenters. The van der Waals surface area contributed by atoms with Crippen LogP contribution in [0.5, 0.6) is 5.75 Å². The van der Waals surface area contributed by atoms with Gasteiger partial charge in [0.05, 0.1) is 5.56 Å². The zero-order chi connectivity index (χ0) is 20.6. The summed E-state index contributed by atoms with van der Waals surface area (Å²) >= 11 is 3.39. The highest BCUT2D eigenvalue weighted by atomic mass is 79.9. The summed E-state index contributed by atoms with van der Waals surface area (Å²) in [6.07, 6.45) is -0.385. The fourth-order valence-electron chi connectivity index (χ4n) is 2.74. The number of carbonyl (C=O) groups excluding carboxylic acids is 2. The Hall–Kier alpha value is -2.92. The summed E-state index contributed by atoms with van der Waals surface area (Å²) in [5.74, 6) is 0.0596. The molecule has 148 valence electrons. The van der Waals surface area contributed by atoms with E-state index >= 15 is 0 Å². The number of benzene rings is 3. The van der Waals surface area contributed by atoms with Gasteiger partial charge in [-0.1, -0.05) is 65.3 Å². The van der Waals surface area contributed by atoms with Gasteiger partial charge >= 0.3 is 5.97 Å². The Morgan fingerprint density at radius 1 is 0.862 bits per heavy atom. The van der Waals surface area contributed by atoms with Gasteiger partial charge in [-0.15, -0.1) is 0 Å². The van der Waals surface area contributed by atoms with Gasteiger partial charge in [0.15, 0.2) is 6.10 Å². The van der Waals surface area contributed by atoms with Crippen LogP contribution in [0, 0.1) is 0 Å². The van der Waals surface area contributed by atoms with Crippen molar-refractivity contribution in [2.75, 3.05) is 0 Å². The lowest BCUT2D eigenvalue weighted by atomic mass is 10.0. The number of rotatable bonds is 8. The molecule has 0 N–H and O–H groups in total. The van der Waals surface area contributed by atoms with E-state index in [1.807, 2.05) is 49.4 Å². The molecule has 0 aliphatic carbocycles. The Bertz CT molecular complexity index is 950. The zero-order valence-corrected chi connectivity index (χ0v) is 17.6. The minimum absolute atomic E-state index is 0.194. The Labute approximate surface area is 178 Å². The second kappa shape index (κ2) is 10.0. The van der Waals surface area contributed by atoms with Crippen molar-refractivity contribution in [1.29, 1.82) is 0 Å². The van der Waals surface area contributed by atoms with Crippen LogP contribution in [0.25, 0.3) is 0 Å². The molecule has 0 saturated carbocycles. The molecule has 3 aromatic carbocycles. The van der Waals surface area contributed by atoms with Gasteiger partial charge in [-0.25, -0.2) is 4.79 Å². The standard InChI is InChI=1S/C24H21BrO4/c1-2-22(23(26)18-6-4-3-5-7-18)29-24(27)19-10-8-17(9-11-19)16-28-21-14-12-20(25)13-15-21/h3-15,22H,2,16H2,1H3/t22-/m1/s1. The van der Waals surface area contributed by atoms with Crippen molar-refractivity contribution in [3.8, 4) is 5.75 Å². The number of ether oxygens (including phenoxy) is 2. The Morgan fingerprint density at radius 2 is 1.52 bits per heavy atom. The number of hydrogen-bond acceptors (Lipinski definition) is 4. The summed E-state index contributed by atoms with van der Waals surface area (Å²) in [6.45, 7) is 2.21. The van der Waals surface area contributed by atoms with E-state index in [4.69, 9.17) is 9.47 Å². The fraction of sp³-hybridized carbons (Fsp3) is 0.167. The Balaban J connectivity index is 1.59. The van der Waals surface area contributed by atoms with Crippen molar-refractivity contribution in [1.82, 2.24) is 0 Å². The van der Waals surface area contributed by atoms with E-state index in [1.54, 1.807) is 36.4 Å². The number of carbonyl (C=O) groups is 2. The molecular formula is C24H21BrO4. The predicted molar refractivity (Wildman–Crippen MR) is 115 cm³/mol. The summed E-state index contributed by atoms with van der Waals surface area (Å²) < 4.78 is 12.2. The monoisotopic (exact) mass is 452 g/mol. The van der Waals surface area contributed by atoms with Crippen molar-refractivity contribution < 1.29 is 19.1 Å². The van der Waals surface area contributed by atoms with Crippen LogP contribution >= 0.6 is 15.9 Å². The van der Waals surface area contributed by atoms with Crippen LogP contribution in [0.3, 0.4) is 0 Å². The van der Waals surface area contributed by atoms with Gasteiger partial charge in [-0.3, -0.25) is 4.79 Å². The number of ketones is 1. The third kappa shape index (κ3) is 5.78. The molecule has 0 radical (unpaired) electrons. The van der Waals surface area contributed by atoms with Gasteiger partial charge < -0.3 is 9.47 Å². The van der Waals surface area contributed by atoms with E-state index in [1.165, 1.54) is 0 Å². The van der Waals surface area contributed by atoms with Gasteiger partial charge in [-0.2, -0.15) is 0 Å². The molecule has 5 heteroatoms. The van der Waals surface area contributed by atoms with Crippen molar-refractivity contribution in [2.24, 2.45) is 0 Å². The molecule has 0 heterocycles. The van der Waals surface area contributed by atoms with E-state index in [9.17, 15) is 9.59 Å². The molecule has 0 aliphatic heterocycles. The third-order valence-corrected chi connectivity index (χ3v) is 4.91. The second-order valence-electron chi connectivity index (χ2n) is 6.47. The zero-order valence-electron chi connectivity index (χ0n) is 16.0.